The van der Waals surface area contributed by atoms with Crippen molar-refractivity contribution >= 4 is 17.4 Å². The van der Waals surface area contributed by atoms with E-state index in [0.717, 1.165) is 4.88 Å². The Kier molecular flexibility index (Phi) is 3.53. The molecule has 21 heavy (non-hydrogen) atoms. The Morgan fingerprint density at radius 1 is 1.43 bits per heavy atom. The molecule has 1 aliphatic heterocycles. The number of piperidine rings is 1. The molecule has 0 aromatic carbocycles. The molecule has 0 radical (unpaired) electrons. The number of likely N-dealkylation sites (tertiary alicyclic amines) is 1. The fraction of sp³-hybridized carbons (Fsp3) is 0.688. The van der Waals surface area contributed by atoms with E-state index in [2.05, 4.69) is 11.4 Å². The van der Waals surface area contributed by atoms with Crippen LogP contribution in [-0.2, 0) is 4.74 Å². The molecule has 2 aliphatic rings. The summed E-state index contributed by atoms with van der Waals surface area (Å²) in [6, 6.07) is 2.06. The molecule has 1 saturated carbocycles. The summed E-state index contributed by atoms with van der Waals surface area (Å²) in [5.41, 5.74) is 0.757. The van der Waals surface area contributed by atoms with E-state index in [4.69, 9.17) is 4.74 Å². The molecule has 2 unspecified atom stereocenters. The number of thiophene rings is 1. The van der Waals surface area contributed by atoms with Gasteiger partial charge in [0.25, 0.3) is 0 Å². The van der Waals surface area contributed by atoms with Crippen LogP contribution in [0.2, 0.25) is 0 Å². The molecule has 1 amide bonds. The van der Waals surface area contributed by atoms with Gasteiger partial charge in [0.05, 0.1) is 6.10 Å². The second-order valence-electron chi connectivity index (χ2n) is 7.26. The van der Waals surface area contributed by atoms with E-state index < -0.39 is 5.60 Å². The summed E-state index contributed by atoms with van der Waals surface area (Å²) in [7, 11) is 0. The normalized spacial score (nSPS) is 29.2. The van der Waals surface area contributed by atoms with E-state index in [1.165, 1.54) is 5.56 Å². The number of ether oxygens (including phenoxy) is 1. The molecule has 4 nitrogen and oxygen atoms in total. The highest BCUT2D eigenvalue weighted by atomic mass is 32.1. The minimum absolute atomic E-state index is 0.227. The number of aliphatic hydroxyl groups is 1. The number of aliphatic hydroxyl groups excluding tert-OH is 1. The van der Waals surface area contributed by atoms with Gasteiger partial charge in [-0.05, 0) is 62.5 Å². The van der Waals surface area contributed by atoms with E-state index in [1.54, 1.807) is 16.2 Å². The van der Waals surface area contributed by atoms with Crippen LogP contribution in [0, 0.1) is 24.7 Å². The summed E-state index contributed by atoms with van der Waals surface area (Å²) < 4.78 is 5.40. The van der Waals surface area contributed by atoms with E-state index in [-0.39, 0.29) is 12.2 Å². The van der Waals surface area contributed by atoms with Gasteiger partial charge in [0.15, 0.2) is 0 Å². The van der Waals surface area contributed by atoms with Gasteiger partial charge >= 0.3 is 6.09 Å². The average Bonchev–Trinajstić information content (AvgIpc) is 2.76. The van der Waals surface area contributed by atoms with Gasteiger partial charge in [-0.15, -0.1) is 11.3 Å². The summed E-state index contributed by atoms with van der Waals surface area (Å²) in [6.45, 7) is 9.12. The maximum atomic E-state index is 12.0. The molecule has 3 rings (SSSR count). The zero-order valence-corrected chi connectivity index (χ0v) is 13.8. The largest absolute Gasteiger partial charge is 0.444 e. The lowest BCUT2D eigenvalue weighted by atomic mass is 10.1. The Bertz CT molecular complexity index is 536. The van der Waals surface area contributed by atoms with Crippen molar-refractivity contribution in [1.82, 2.24) is 4.90 Å². The molecule has 5 heteroatoms. The monoisotopic (exact) mass is 309 g/mol. The predicted octanol–water partition coefficient (Wildman–Crippen LogP) is 3.20. The van der Waals surface area contributed by atoms with Crippen molar-refractivity contribution in [3.8, 4) is 0 Å². The maximum absolute atomic E-state index is 12.0. The number of carbonyl (C=O) groups is 1. The smallest absolute Gasteiger partial charge is 0.410 e. The molecule has 1 aliphatic carbocycles. The first kappa shape index (κ1) is 14.9. The number of amides is 1. The summed E-state index contributed by atoms with van der Waals surface area (Å²) in [6.07, 6.45) is -0.602. The number of hydrogen-bond acceptors (Lipinski definition) is 4. The van der Waals surface area contributed by atoms with E-state index in [9.17, 15) is 9.90 Å². The van der Waals surface area contributed by atoms with Gasteiger partial charge in [-0.1, -0.05) is 0 Å². The van der Waals surface area contributed by atoms with Crippen LogP contribution in [0.3, 0.4) is 0 Å². The van der Waals surface area contributed by atoms with Crippen molar-refractivity contribution in [3.05, 3.63) is 21.9 Å². The number of nitrogens with zero attached hydrogens (tertiary/aromatic N) is 1. The highest BCUT2D eigenvalue weighted by molar-refractivity contribution is 7.10. The molecule has 1 aromatic rings. The van der Waals surface area contributed by atoms with Crippen molar-refractivity contribution in [3.63, 3.8) is 0 Å². The summed E-state index contributed by atoms with van der Waals surface area (Å²) in [5, 5.41) is 12.5. The Hall–Kier alpha value is -1.07. The molecule has 4 atom stereocenters. The molecule has 1 aromatic heterocycles. The Balaban J connectivity index is 1.55. The second kappa shape index (κ2) is 4.99. The number of fused-ring (bicyclic) bond motifs is 1. The average molecular weight is 309 g/mol. The van der Waals surface area contributed by atoms with Crippen LogP contribution in [0.5, 0.6) is 0 Å². The first-order chi connectivity index (χ1) is 9.76. The third kappa shape index (κ3) is 2.94. The minimum Gasteiger partial charge on any atom is -0.444 e. The second-order valence-corrected chi connectivity index (χ2v) is 8.20. The lowest BCUT2D eigenvalue weighted by Gasteiger charge is -2.26. The van der Waals surface area contributed by atoms with Crippen molar-refractivity contribution < 1.29 is 14.6 Å². The lowest BCUT2D eigenvalue weighted by molar-refractivity contribution is 0.0242. The molecule has 2 fully saturated rings. The van der Waals surface area contributed by atoms with Gasteiger partial charge in [0.1, 0.15) is 5.60 Å². The fourth-order valence-electron chi connectivity index (χ4n) is 3.31. The van der Waals surface area contributed by atoms with Gasteiger partial charge in [-0.2, -0.15) is 0 Å². The number of hydrogen-bond donors (Lipinski definition) is 1. The highest BCUT2D eigenvalue weighted by Crippen LogP contribution is 2.58. The van der Waals surface area contributed by atoms with Crippen molar-refractivity contribution in [2.45, 2.75) is 39.4 Å². The van der Waals surface area contributed by atoms with Crippen LogP contribution in [0.15, 0.2) is 11.4 Å². The molecule has 1 N–H and O–H groups in total. The molecule has 2 heterocycles. The Morgan fingerprint density at radius 2 is 2.05 bits per heavy atom. The van der Waals surface area contributed by atoms with Crippen LogP contribution >= 0.6 is 11.3 Å². The third-order valence-electron chi connectivity index (χ3n) is 4.32. The SMILES string of the molecule is Cc1csc(C(O)C2[C@H]3CN(C(=O)OC(C)(C)C)C[C@@H]23)c1. The van der Waals surface area contributed by atoms with Gasteiger partial charge in [-0.3, -0.25) is 0 Å². The molecular formula is C16H23NO3S. The van der Waals surface area contributed by atoms with E-state index >= 15 is 0 Å². The van der Waals surface area contributed by atoms with Gasteiger partial charge in [-0.25, -0.2) is 4.79 Å². The number of aryl methyl sites for hydroxylation is 1. The van der Waals surface area contributed by atoms with Crippen molar-refractivity contribution in [2.75, 3.05) is 13.1 Å². The van der Waals surface area contributed by atoms with Gasteiger partial charge in [0.2, 0.25) is 0 Å². The summed E-state index contributed by atoms with van der Waals surface area (Å²) >= 11 is 1.62. The van der Waals surface area contributed by atoms with Crippen LogP contribution in [-0.4, -0.2) is 34.8 Å². The lowest BCUT2D eigenvalue weighted by Crippen LogP contribution is -2.37. The zero-order valence-electron chi connectivity index (χ0n) is 13.0. The molecule has 0 bridgehead atoms. The van der Waals surface area contributed by atoms with E-state index in [1.807, 2.05) is 27.7 Å². The van der Waals surface area contributed by atoms with Crippen LogP contribution in [0.1, 0.15) is 37.3 Å². The van der Waals surface area contributed by atoms with E-state index in [0.29, 0.717) is 30.8 Å². The number of rotatable bonds is 2. The topological polar surface area (TPSA) is 49.8 Å². The quantitative estimate of drug-likeness (QED) is 0.912. The van der Waals surface area contributed by atoms with Crippen molar-refractivity contribution in [2.24, 2.45) is 17.8 Å². The molecular weight excluding hydrogens is 286 g/mol. The standard InChI is InChI=1S/C16H23NO3S/c1-9-5-12(21-8-9)14(18)13-10-6-17(7-11(10)13)15(19)20-16(2,3)4/h5,8,10-11,13-14,18H,6-7H2,1-4H3/t10-,11+,13?,14?. The Morgan fingerprint density at radius 3 is 2.52 bits per heavy atom. The minimum atomic E-state index is -0.447. The maximum Gasteiger partial charge on any atom is 0.410 e. The Labute approximate surface area is 129 Å². The molecule has 116 valence electrons. The van der Waals surface area contributed by atoms with Crippen LogP contribution in [0.4, 0.5) is 4.79 Å². The first-order valence-electron chi connectivity index (χ1n) is 7.47. The van der Waals surface area contributed by atoms with Crippen molar-refractivity contribution in [1.29, 1.82) is 0 Å². The van der Waals surface area contributed by atoms with Crippen LogP contribution in [0.25, 0.3) is 0 Å². The summed E-state index contributed by atoms with van der Waals surface area (Å²) in [4.78, 5) is 14.9. The van der Waals surface area contributed by atoms with Gasteiger partial charge in [0, 0.05) is 18.0 Å². The first-order valence-corrected chi connectivity index (χ1v) is 8.35. The van der Waals surface area contributed by atoms with Gasteiger partial charge < -0.3 is 14.7 Å². The summed E-state index contributed by atoms with van der Waals surface area (Å²) in [5.74, 6) is 1.16. The highest BCUT2D eigenvalue weighted by Gasteiger charge is 2.60. The predicted molar refractivity (Wildman–Crippen MR) is 82.3 cm³/mol. The third-order valence-corrected chi connectivity index (χ3v) is 5.44. The molecule has 0 spiro atoms. The fourth-order valence-corrected chi connectivity index (χ4v) is 4.25. The number of carbonyl (C=O) groups excluding carboxylic acids is 1. The zero-order chi connectivity index (χ0) is 15.4. The molecule has 1 saturated heterocycles. The van der Waals surface area contributed by atoms with Crippen LogP contribution < -0.4 is 0 Å².